The topological polar surface area (TPSA) is 100 Å². The molecular formula is C28H38N4O5. The Hall–Kier alpha value is -3.59. The smallest absolute Gasteiger partial charge is 0.412 e. The highest BCUT2D eigenvalue weighted by Gasteiger charge is 2.26. The highest BCUT2D eigenvalue weighted by Crippen LogP contribution is 2.23. The van der Waals surface area contributed by atoms with Crippen LogP contribution in [-0.4, -0.2) is 65.3 Å². The van der Waals surface area contributed by atoms with Crippen molar-refractivity contribution in [3.05, 3.63) is 59.7 Å². The first-order chi connectivity index (χ1) is 17.3. The number of piperazine rings is 1. The summed E-state index contributed by atoms with van der Waals surface area (Å²) in [5.74, 6) is -0.282. The first-order valence-electron chi connectivity index (χ1n) is 12.5. The first kappa shape index (κ1) is 28.0. The van der Waals surface area contributed by atoms with Crippen molar-refractivity contribution >= 4 is 29.5 Å². The maximum atomic E-state index is 12.9. The summed E-state index contributed by atoms with van der Waals surface area (Å²) < 4.78 is 10.8. The summed E-state index contributed by atoms with van der Waals surface area (Å²) in [6.07, 6.45) is -0.865. The SMILES string of the molecule is CC(C)(C)OC(=O)Nc1ccccc1NC(=O)c1ccc(CN2CCN(C(=O)OC(C)(C)C)CC2)cc1. The predicted molar refractivity (Wildman–Crippen MR) is 144 cm³/mol. The second-order valence-electron chi connectivity index (χ2n) is 11.1. The predicted octanol–water partition coefficient (Wildman–Crippen LogP) is 5.34. The van der Waals surface area contributed by atoms with E-state index in [0.29, 0.717) is 30.0 Å². The number of para-hydroxylation sites is 2. The molecule has 1 aliphatic heterocycles. The van der Waals surface area contributed by atoms with Gasteiger partial charge in [-0.2, -0.15) is 0 Å². The minimum absolute atomic E-state index is 0.273. The van der Waals surface area contributed by atoms with E-state index in [0.717, 1.165) is 25.2 Å². The molecule has 2 N–H and O–H groups in total. The molecule has 200 valence electrons. The van der Waals surface area contributed by atoms with E-state index in [9.17, 15) is 14.4 Å². The van der Waals surface area contributed by atoms with Crippen LogP contribution in [0.4, 0.5) is 21.0 Å². The minimum Gasteiger partial charge on any atom is -0.444 e. The highest BCUT2D eigenvalue weighted by atomic mass is 16.6. The van der Waals surface area contributed by atoms with E-state index in [2.05, 4.69) is 15.5 Å². The summed E-state index contributed by atoms with van der Waals surface area (Å²) in [6, 6.07) is 14.4. The Morgan fingerprint density at radius 2 is 1.30 bits per heavy atom. The van der Waals surface area contributed by atoms with Crippen LogP contribution in [0.2, 0.25) is 0 Å². The lowest BCUT2D eigenvalue weighted by Crippen LogP contribution is -2.49. The van der Waals surface area contributed by atoms with Gasteiger partial charge in [0.1, 0.15) is 11.2 Å². The van der Waals surface area contributed by atoms with Gasteiger partial charge in [0.05, 0.1) is 11.4 Å². The van der Waals surface area contributed by atoms with Gasteiger partial charge in [-0.1, -0.05) is 24.3 Å². The van der Waals surface area contributed by atoms with E-state index >= 15 is 0 Å². The van der Waals surface area contributed by atoms with Crippen molar-refractivity contribution in [2.24, 2.45) is 0 Å². The van der Waals surface area contributed by atoms with Crippen molar-refractivity contribution in [1.29, 1.82) is 0 Å². The maximum absolute atomic E-state index is 12.9. The number of benzene rings is 2. The van der Waals surface area contributed by atoms with E-state index in [1.165, 1.54) is 0 Å². The molecule has 2 aromatic rings. The lowest BCUT2D eigenvalue weighted by Gasteiger charge is -2.35. The van der Waals surface area contributed by atoms with E-state index < -0.39 is 17.3 Å². The van der Waals surface area contributed by atoms with Crippen molar-refractivity contribution < 1.29 is 23.9 Å². The normalized spacial score (nSPS) is 14.6. The Kier molecular flexibility index (Phi) is 8.81. The number of carbonyl (C=O) groups is 3. The number of anilines is 2. The van der Waals surface area contributed by atoms with E-state index in [1.54, 1.807) is 62.1 Å². The molecule has 9 nitrogen and oxygen atoms in total. The molecule has 0 atom stereocenters. The van der Waals surface area contributed by atoms with Crippen LogP contribution in [0.5, 0.6) is 0 Å². The zero-order valence-electron chi connectivity index (χ0n) is 22.6. The Balaban J connectivity index is 1.53. The molecule has 0 bridgehead atoms. The van der Waals surface area contributed by atoms with Crippen LogP contribution < -0.4 is 10.6 Å². The molecule has 2 aromatic carbocycles. The van der Waals surface area contributed by atoms with Gasteiger partial charge in [-0.15, -0.1) is 0 Å². The highest BCUT2D eigenvalue weighted by molar-refractivity contribution is 6.06. The first-order valence-corrected chi connectivity index (χ1v) is 12.5. The Morgan fingerprint density at radius 3 is 1.84 bits per heavy atom. The van der Waals surface area contributed by atoms with Gasteiger partial charge in [0.2, 0.25) is 0 Å². The van der Waals surface area contributed by atoms with Gasteiger partial charge in [-0.3, -0.25) is 15.0 Å². The van der Waals surface area contributed by atoms with Crippen LogP contribution in [0.25, 0.3) is 0 Å². The molecule has 0 aromatic heterocycles. The van der Waals surface area contributed by atoms with Crippen molar-refractivity contribution in [3.8, 4) is 0 Å². The summed E-state index contributed by atoms with van der Waals surface area (Å²) in [5, 5.41) is 5.54. The van der Waals surface area contributed by atoms with Crippen LogP contribution >= 0.6 is 0 Å². The Labute approximate surface area is 219 Å². The number of hydrogen-bond acceptors (Lipinski definition) is 6. The number of carbonyl (C=O) groups excluding carboxylic acids is 3. The largest absolute Gasteiger partial charge is 0.444 e. The van der Waals surface area contributed by atoms with Crippen molar-refractivity contribution in [3.63, 3.8) is 0 Å². The maximum Gasteiger partial charge on any atom is 0.412 e. The third-order valence-electron chi connectivity index (χ3n) is 5.46. The zero-order chi connectivity index (χ0) is 27.2. The van der Waals surface area contributed by atoms with Crippen LogP contribution in [0.15, 0.2) is 48.5 Å². The number of hydrogen-bond donors (Lipinski definition) is 2. The van der Waals surface area contributed by atoms with Gasteiger partial charge < -0.3 is 19.7 Å². The number of rotatable bonds is 5. The molecule has 0 unspecified atom stereocenters. The molecule has 3 amide bonds. The van der Waals surface area contributed by atoms with Gasteiger partial charge in [-0.05, 0) is 71.4 Å². The van der Waals surface area contributed by atoms with Crippen LogP contribution in [-0.2, 0) is 16.0 Å². The molecule has 1 aliphatic rings. The summed E-state index contributed by atoms with van der Waals surface area (Å²) in [6.45, 7) is 14.4. The second-order valence-corrected chi connectivity index (χ2v) is 11.1. The zero-order valence-corrected chi connectivity index (χ0v) is 22.6. The van der Waals surface area contributed by atoms with Gasteiger partial charge in [0, 0.05) is 38.3 Å². The van der Waals surface area contributed by atoms with Gasteiger partial charge in [0.25, 0.3) is 5.91 Å². The Morgan fingerprint density at radius 1 is 0.757 bits per heavy atom. The van der Waals surface area contributed by atoms with Crippen molar-refractivity contribution in [1.82, 2.24) is 9.80 Å². The fraction of sp³-hybridized carbons (Fsp3) is 0.464. The standard InChI is InChI=1S/C28H38N4O5/c1-27(2,3)36-25(34)30-23-10-8-7-9-22(23)29-24(33)21-13-11-20(12-14-21)19-31-15-17-32(18-16-31)26(35)37-28(4,5)6/h7-14H,15-19H2,1-6H3,(H,29,33)(H,30,34). The van der Waals surface area contributed by atoms with E-state index in [4.69, 9.17) is 9.47 Å². The van der Waals surface area contributed by atoms with E-state index in [-0.39, 0.29) is 12.0 Å². The van der Waals surface area contributed by atoms with Crippen LogP contribution in [0, 0.1) is 0 Å². The minimum atomic E-state index is -0.629. The molecule has 0 saturated carbocycles. The summed E-state index contributed by atoms with van der Waals surface area (Å²) in [4.78, 5) is 41.3. The number of amides is 3. The summed E-state index contributed by atoms with van der Waals surface area (Å²) in [7, 11) is 0. The number of ether oxygens (including phenoxy) is 2. The number of nitrogens with one attached hydrogen (secondary N) is 2. The summed E-state index contributed by atoms with van der Waals surface area (Å²) >= 11 is 0. The fourth-order valence-corrected chi connectivity index (χ4v) is 3.74. The van der Waals surface area contributed by atoms with Gasteiger partial charge in [0.15, 0.2) is 0 Å². The monoisotopic (exact) mass is 510 g/mol. The quantitative estimate of drug-likeness (QED) is 0.563. The molecule has 0 radical (unpaired) electrons. The average Bonchev–Trinajstić information content (AvgIpc) is 2.79. The van der Waals surface area contributed by atoms with E-state index in [1.807, 2.05) is 32.9 Å². The Bertz CT molecular complexity index is 1090. The molecule has 1 saturated heterocycles. The van der Waals surface area contributed by atoms with Crippen LogP contribution in [0.1, 0.15) is 57.5 Å². The molecule has 0 spiro atoms. The molecular weight excluding hydrogens is 472 g/mol. The molecule has 1 heterocycles. The average molecular weight is 511 g/mol. The fourth-order valence-electron chi connectivity index (χ4n) is 3.74. The third-order valence-corrected chi connectivity index (χ3v) is 5.46. The lowest BCUT2D eigenvalue weighted by molar-refractivity contribution is 0.0139. The molecule has 0 aliphatic carbocycles. The lowest BCUT2D eigenvalue weighted by atomic mass is 10.1. The molecule has 3 rings (SSSR count). The van der Waals surface area contributed by atoms with Crippen molar-refractivity contribution in [2.75, 3.05) is 36.8 Å². The second kappa shape index (κ2) is 11.6. The van der Waals surface area contributed by atoms with Crippen molar-refractivity contribution in [2.45, 2.75) is 59.3 Å². The van der Waals surface area contributed by atoms with Gasteiger partial charge in [-0.25, -0.2) is 9.59 Å². The molecule has 9 heteroatoms. The number of nitrogens with zero attached hydrogens (tertiary/aromatic N) is 2. The third kappa shape index (κ3) is 9.09. The summed E-state index contributed by atoms with van der Waals surface area (Å²) in [5.41, 5.74) is 1.38. The molecule has 37 heavy (non-hydrogen) atoms. The van der Waals surface area contributed by atoms with Gasteiger partial charge >= 0.3 is 12.2 Å². The molecule has 1 fully saturated rings. The van der Waals surface area contributed by atoms with Crippen LogP contribution in [0.3, 0.4) is 0 Å².